The molecule has 15 heavy (non-hydrogen) atoms. The summed E-state index contributed by atoms with van der Waals surface area (Å²) >= 11 is 9.05. The van der Waals surface area contributed by atoms with Crippen molar-refractivity contribution in [2.24, 2.45) is 0 Å². The maximum atomic E-state index is 12.0. The zero-order valence-electron chi connectivity index (χ0n) is 8.31. The topological polar surface area (TPSA) is 35.5 Å². The van der Waals surface area contributed by atoms with Gasteiger partial charge < -0.3 is 9.05 Å². The van der Waals surface area contributed by atoms with Gasteiger partial charge in [0.1, 0.15) is 4.57 Å². The van der Waals surface area contributed by atoms with Crippen molar-refractivity contribution in [1.29, 1.82) is 0 Å². The summed E-state index contributed by atoms with van der Waals surface area (Å²) < 4.78 is 21.3. The highest BCUT2D eigenvalue weighted by molar-refractivity contribution is 9.10. The third kappa shape index (κ3) is 3.05. The number of alkyl halides is 1. The lowest BCUT2D eigenvalue weighted by Crippen LogP contribution is -1.96. The molecule has 0 aliphatic carbocycles. The lowest BCUT2D eigenvalue weighted by molar-refractivity contribution is 0.274. The minimum atomic E-state index is -3.14. The summed E-state index contributed by atoms with van der Waals surface area (Å²) in [7, 11) is -0.424. The molecule has 0 aliphatic rings. The SMILES string of the molecule is COP(=O)(OC)C(Br)c1ccc(Cl)cc1. The van der Waals surface area contributed by atoms with Crippen molar-refractivity contribution in [3.05, 3.63) is 34.9 Å². The summed E-state index contributed by atoms with van der Waals surface area (Å²) in [6.07, 6.45) is 0. The Morgan fingerprint density at radius 2 is 1.73 bits per heavy atom. The Hall–Kier alpha value is 0.140. The first-order chi connectivity index (χ1) is 7.03. The lowest BCUT2D eigenvalue weighted by Gasteiger charge is -2.19. The van der Waals surface area contributed by atoms with E-state index in [2.05, 4.69) is 15.9 Å². The number of halogens is 2. The van der Waals surface area contributed by atoms with Crippen LogP contribution < -0.4 is 0 Å². The van der Waals surface area contributed by atoms with Gasteiger partial charge in [-0.1, -0.05) is 39.7 Å². The molecule has 1 aromatic carbocycles. The smallest absolute Gasteiger partial charge is 0.311 e. The molecule has 1 unspecified atom stereocenters. The van der Waals surface area contributed by atoms with E-state index in [0.717, 1.165) is 5.56 Å². The van der Waals surface area contributed by atoms with Crippen LogP contribution in [0.1, 0.15) is 10.1 Å². The summed E-state index contributed by atoms with van der Waals surface area (Å²) in [6, 6.07) is 6.99. The van der Waals surface area contributed by atoms with Gasteiger partial charge in [-0.05, 0) is 17.7 Å². The van der Waals surface area contributed by atoms with Crippen LogP contribution in [-0.2, 0) is 13.6 Å². The lowest BCUT2D eigenvalue weighted by atomic mass is 10.2. The average Bonchev–Trinajstić information content (AvgIpc) is 2.28. The van der Waals surface area contributed by atoms with Crippen LogP contribution in [-0.4, -0.2) is 14.2 Å². The number of rotatable bonds is 4. The first kappa shape index (κ1) is 13.2. The van der Waals surface area contributed by atoms with E-state index < -0.39 is 12.2 Å². The second-order valence-corrected chi connectivity index (χ2v) is 7.18. The van der Waals surface area contributed by atoms with Gasteiger partial charge in [0.05, 0.1) is 0 Å². The van der Waals surface area contributed by atoms with E-state index >= 15 is 0 Å². The molecule has 1 rings (SSSR count). The first-order valence-electron chi connectivity index (χ1n) is 4.14. The third-order valence-electron chi connectivity index (χ3n) is 1.93. The van der Waals surface area contributed by atoms with Crippen LogP contribution in [0.15, 0.2) is 24.3 Å². The van der Waals surface area contributed by atoms with E-state index in [1.165, 1.54) is 14.2 Å². The summed E-state index contributed by atoms with van der Waals surface area (Å²) in [4.78, 5) is 0. The van der Waals surface area contributed by atoms with Crippen molar-refractivity contribution in [2.75, 3.05) is 14.2 Å². The van der Waals surface area contributed by atoms with Crippen LogP contribution in [0, 0.1) is 0 Å². The van der Waals surface area contributed by atoms with Gasteiger partial charge in [-0.2, -0.15) is 0 Å². The third-order valence-corrected chi connectivity index (χ3v) is 6.09. The van der Waals surface area contributed by atoms with E-state index in [9.17, 15) is 4.57 Å². The summed E-state index contributed by atoms with van der Waals surface area (Å²) in [6.45, 7) is 0. The Labute approximate surface area is 102 Å². The molecule has 0 bridgehead atoms. The molecule has 0 saturated heterocycles. The van der Waals surface area contributed by atoms with Crippen LogP contribution >= 0.6 is 35.1 Å². The van der Waals surface area contributed by atoms with Gasteiger partial charge in [0.2, 0.25) is 0 Å². The minimum Gasteiger partial charge on any atom is -0.311 e. The van der Waals surface area contributed by atoms with Crippen molar-refractivity contribution < 1.29 is 13.6 Å². The van der Waals surface area contributed by atoms with Gasteiger partial charge in [-0.15, -0.1) is 0 Å². The van der Waals surface area contributed by atoms with Gasteiger partial charge >= 0.3 is 7.60 Å². The molecule has 6 heteroatoms. The number of hydrogen-bond acceptors (Lipinski definition) is 3. The fourth-order valence-corrected chi connectivity index (χ4v) is 3.55. The van der Waals surface area contributed by atoms with E-state index in [0.29, 0.717) is 5.02 Å². The molecule has 0 amide bonds. The molecule has 0 aromatic heterocycles. The molecule has 1 atom stereocenters. The van der Waals surface area contributed by atoms with Crippen LogP contribution in [0.3, 0.4) is 0 Å². The first-order valence-corrected chi connectivity index (χ1v) is 7.05. The zero-order valence-corrected chi connectivity index (χ0v) is 11.6. The Morgan fingerprint density at radius 3 is 2.13 bits per heavy atom. The summed E-state index contributed by atoms with van der Waals surface area (Å²) in [5, 5.41) is 0.628. The van der Waals surface area contributed by atoms with Gasteiger partial charge in [-0.25, -0.2) is 0 Å². The standard InChI is InChI=1S/C9H11BrClO3P/c1-13-15(12,14-2)9(10)7-3-5-8(11)6-4-7/h3-6,9H,1-2H3. The Morgan fingerprint density at radius 1 is 1.27 bits per heavy atom. The molecule has 3 nitrogen and oxygen atoms in total. The molecule has 1 aromatic rings. The summed E-state index contributed by atoms with van der Waals surface area (Å²) in [5.41, 5.74) is 0.798. The maximum absolute atomic E-state index is 12.0. The molecule has 84 valence electrons. The van der Waals surface area contributed by atoms with E-state index in [-0.39, 0.29) is 0 Å². The molecule has 0 heterocycles. The Balaban J connectivity index is 2.98. The van der Waals surface area contributed by atoms with Crippen molar-refractivity contribution in [3.8, 4) is 0 Å². The summed E-state index contributed by atoms with van der Waals surface area (Å²) in [5.74, 6) is 0. The van der Waals surface area contributed by atoms with Crippen LogP contribution in [0.5, 0.6) is 0 Å². The van der Waals surface area contributed by atoms with Crippen LogP contribution in [0.2, 0.25) is 5.02 Å². The van der Waals surface area contributed by atoms with Crippen LogP contribution in [0.4, 0.5) is 0 Å². The molecule has 0 N–H and O–H groups in total. The molecule has 0 fully saturated rings. The van der Waals surface area contributed by atoms with E-state index in [4.69, 9.17) is 20.6 Å². The van der Waals surface area contributed by atoms with Gasteiger partial charge in [0.25, 0.3) is 0 Å². The predicted octanol–water partition coefficient (Wildman–Crippen LogP) is 4.22. The number of benzene rings is 1. The highest BCUT2D eigenvalue weighted by atomic mass is 79.9. The van der Waals surface area contributed by atoms with Crippen molar-refractivity contribution in [3.63, 3.8) is 0 Å². The molecule has 0 radical (unpaired) electrons. The average molecular weight is 314 g/mol. The molecule has 0 aliphatic heterocycles. The second kappa shape index (κ2) is 5.46. The monoisotopic (exact) mass is 312 g/mol. The zero-order chi connectivity index (χ0) is 11.5. The van der Waals surface area contributed by atoms with E-state index in [1.54, 1.807) is 24.3 Å². The van der Waals surface area contributed by atoms with Gasteiger partial charge in [-0.3, -0.25) is 4.57 Å². The highest BCUT2D eigenvalue weighted by Gasteiger charge is 2.32. The highest BCUT2D eigenvalue weighted by Crippen LogP contribution is 2.62. The Bertz CT molecular complexity index is 360. The number of hydrogen-bond donors (Lipinski definition) is 0. The van der Waals surface area contributed by atoms with Gasteiger partial charge in [0, 0.05) is 19.2 Å². The predicted molar refractivity (Wildman–Crippen MR) is 64.7 cm³/mol. The van der Waals surface area contributed by atoms with E-state index in [1.807, 2.05) is 0 Å². The van der Waals surface area contributed by atoms with Crippen LogP contribution in [0.25, 0.3) is 0 Å². The van der Waals surface area contributed by atoms with Crippen molar-refractivity contribution in [1.82, 2.24) is 0 Å². The fraction of sp³-hybridized carbons (Fsp3) is 0.333. The molecule has 0 spiro atoms. The quantitative estimate of drug-likeness (QED) is 0.617. The van der Waals surface area contributed by atoms with Crippen molar-refractivity contribution >= 4 is 35.1 Å². The second-order valence-electron chi connectivity index (χ2n) is 2.79. The molecule has 0 saturated carbocycles. The van der Waals surface area contributed by atoms with Crippen molar-refractivity contribution in [2.45, 2.75) is 4.57 Å². The largest absolute Gasteiger partial charge is 0.348 e. The fourth-order valence-electron chi connectivity index (χ4n) is 1.06. The molecular weight excluding hydrogens is 302 g/mol. The Kier molecular flexibility index (Phi) is 4.81. The molecular formula is C9H11BrClO3P. The van der Waals surface area contributed by atoms with Gasteiger partial charge in [0.15, 0.2) is 0 Å². The minimum absolute atomic E-state index is 0.489. The maximum Gasteiger partial charge on any atom is 0.348 e. The normalized spacial score (nSPS) is 13.9.